The molecule has 16 heavy (non-hydrogen) atoms. The minimum Gasteiger partial charge on any atom is -0.411 e. The quantitative estimate of drug-likeness (QED) is 0.441. The lowest BCUT2D eigenvalue weighted by Gasteiger charge is -2.22. The van der Waals surface area contributed by atoms with Gasteiger partial charge in [-0.1, -0.05) is 24.4 Å². The predicted molar refractivity (Wildman–Crippen MR) is 61.7 cm³/mol. The number of nitrogens with zero attached hydrogens (tertiary/aromatic N) is 1. The second kappa shape index (κ2) is 6.63. The van der Waals surface area contributed by atoms with Crippen molar-refractivity contribution < 1.29 is 15.1 Å². The molecule has 0 bridgehead atoms. The lowest BCUT2D eigenvalue weighted by Crippen LogP contribution is -2.19. The van der Waals surface area contributed by atoms with Crippen molar-refractivity contribution in [2.75, 3.05) is 0 Å². The number of Topliss-reactive ketones (excluding diaryl/α,β-unsaturated/α-hetero) is 1. The summed E-state index contributed by atoms with van der Waals surface area (Å²) in [7, 11) is 0. The lowest BCUT2D eigenvalue weighted by atomic mass is 9.86. The van der Waals surface area contributed by atoms with Crippen LogP contribution < -0.4 is 0 Å². The number of aliphatic hydroxyl groups excluding tert-OH is 1. The van der Waals surface area contributed by atoms with Crippen LogP contribution in [0.5, 0.6) is 0 Å². The van der Waals surface area contributed by atoms with Gasteiger partial charge in [-0.15, -0.1) is 0 Å². The van der Waals surface area contributed by atoms with E-state index >= 15 is 0 Å². The van der Waals surface area contributed by atoms with Crippen LogP contribution in [0.1, 0.15) is 51.9 Å². The van der Waals surface area contributed by atoms with E-state index in [0.717, 1.165) is 38.5 Å². The van der Waals surface area contributed by atoms with Crippen LogP contribution in [0.4, 0.5) is 0 Å². The van der Waals surface area contributed by atoms with Crippen molar-refractivity contribution >= 4 is 11.5 Å². The van der Waals surface area contributed by atoms with Crippen LogP contribution in [-0.2, 0) is 4.79 Å². The molecule has 4 nitrogen and oxygen atoms in total. The van der Waals surface area contributed by atoms with E-state index in [0.29, 0.717) is 12.3 Å². The molecule has 0 amide bonds. The lowest BCUT2D eigenvalue weighted by molar-refractivity contribution is -0.111. The zero-order valence-electron chi connectivity index (χ0n) is 9.85. The van der Waals surface area contributed by atoms with E-state index in [2.05, 4.69) is 5.16 Å². The number of rotatable bonds is 3. The average Bonchev–Trinajstić information content (AvgIpc) is 2.23. The van der Waals surface area contributed by atoms with E-state index in [1.54, 1.807) is 0 Å². The summed E-state index contributed by atoms with van der Waals surface area (Å²) >= 11 is 0. The molecule has 0 aliphatic heterocycles. The van der Waals surface area contributed by atoms with Gasteiger partial charge in [0.2, 0.25) is 0 Å². The molecule has 0 radical (unpaired) electrons. The first kappa shape index (κ1) is 13.2. The number of carbonyl (C=O) groups excluding carboxylic acids is 1. The van der Waals surface area contributed by atoms with Gasteiger partial charge in [-0.25, -0.2) is 0 Å². The summed E-state index contributed by atoms with van der Waals surface area (Å²) in [6.45, 7) is 1.42. The fourth-order valence-electron chi connectivity index (χ4n) is 2.26. The predicted octanol–water partition coefficient (Wildman–Crippen LogP) is 2.13. The normalized spacial score (nSPS) is 28.2. The highest BCUT2D eigenvalue weighted by Gasteiger charge is 2.19. The van der Waals surface area contributed by atoms with Crippen molar-refractivity contribution in [3.8, 4) is 0 Å². The molecule has 1 aliphatic rings. The maximum atomic E-state index is 11.1. The van der Waals surface area contributed by atoms with Gasteiger partial charge in [0.05, 0.1) is 6.10 Å². The summed E-state index contributed by atoms with van der Waals surface area (Å²) in [6.07, 6.45) is 6.11. The van der Waals surface area contributed by atoms with Crippen LogP contribution in [-0.4, -0.2) is 27.9 Å². The second-order valence-electron chi connectivity index (χ2n) is 4.69. The number of hydrogen-bond acceptors (Lipinski definition) is 4. The van der Waals surface area contributed by atoms with Crippen molar-refractivity contribution in [2.45, 2.75) is 58.0 Å². The van der Waals surface area contributed by atoms with Gasteiger partial charge in [-0.3, -0.25) is 4.79 Å². The summed E-state index contributed by atoms with van der Waals surface area (Å²) in [6, 6.07) is 0. The molecule has 2 atom stereocenters. The minimum absolute atomic E-state index is 0.162. The third-order valence-corrected chi connectivity index (χ3v) is 3.32. The summed E-state index contributed by atoms with van der Waals surface area (Å²) in [5, 5.41) is 21.4. The molecule has 2 unspecified atom stereocenters. The minimum atomic E-state index is -0.199. The summed E-state index contributed by atoms with van der Waals surface area (Å²) in [4.78, 5) is 11.1. The van der Waals surface area contributed by atoms with Crippen molar-refractivity contribution in [1.82, 2.24) is 0 Å². The topological polar surface area (TPSA) is 69.9 Å². The van der Waals surface area contributed by atoms with E-state index in [1.807, 2.05) is 0 Å². The van der Waals surface area contributed by atoms with Gasteiger partial charge in [0.25, 0.3) is 0 Å². The first-order chi connectivity index (χ1) is 7.63. The highest BCUT2D eigenvalue weighted by Crippen LogP contribution is 2.25. The van der Waals surface area contributed by atoms with Gasteiger partial charge >= 0.3 is 0 Å². The van der Waals surface area contributed by atoms with E-state index in [-0.39, 0.29) is 17.6 Å². The summed E-state index contributed by atoms with van der Waals surface area (Å²) < 4.78 is 0. The Labute approximate surface area is 96.3 Å². The Balaban J connectivity index is 2.48. The van der Waals surface area contributed by atoms with Crippen molar-refractivity contribution in [1.29, 1.82) is 0 Å². The van der Waals surface area contributed by atoms with Crippen LogP contribution in [0, 0.1) is 5.92 Å². The average molecular weight is 227 g/mol. The Kier molecular flexibility index (Phi) is 5.46. The maximum absolute atomic E-state index is 11.1. The SMILES string of the molecule is CC(=O)/C(CC1CCCCC(O)CC1)=N/O. The molecule has 0 aromatic carbocycles. The fourth-order valence-corrected chi connectivity index (χ4v) is 2.26. The van der Waals surface area contributed by atoms with Gasteiger partial charge in [0.15, 0.2) is 5.78 Å². The molecular formula is C12H21NO3. The molecule has 0 aromatic heterocycles. The van der Waals surface area contributed by atoms with E-state index in [9.17, 15) is 9.90 Å². The third kappa shape index (κ3) is 4.31. The Hall–Kier alpha value is -0.900. The van der Waals surface area contributed by atoms with E-state index in [4.69, 9.17) is 5.21 Å². The molecule has 0 aromatic rings. The summed E-state index contributed by atoms with van der Waals surface area (Å²) in [5.41, 5.74) is 0.264. The Bertz CT molecular complexity index is 263. The highest BCUT2D eigenvalue weighted by atomic mass is 16.4. The molecule has 0 saturated heterocycles. The van der Waals surface area contributed by atoms with Crippen LogP contribution in [0.3, 0.4) is 0 Å². The number of hydrogen-bond donors (Lipinski definition) is 2. The van der Waals surface area contributed by atoms with Gasteiger partial charge in [0.1, 0.15) is 5.71 Å². The number of ketones is 1. The van der Waals surface area contributed by atoms with Gasteiger partial charge in [-0.05, 0) is 31.6 Å². The van der Waals surface area contributed by atoms with Crippen molar-refractivity contribution in [2.24, 2.45) is 11.1 Å². The zero-order chi connectivity index (χ0) is 12.0. The standard InChI is InChI=1S/C12H21NO3/c1-9(14)12(13-16)8-10-4-2-3-5-11(15)7-6-10/h10-11,15-16H,2-8H2,1H3/b13-12+. The molecule has 1 fully saturated rings. The van der Waals surface area contributed by atoms with Gasteiger partial charge in [-0.2, -0.15) is 0 Å². The molecule has 0 heterocycles. The third-order valence-electron chi connectivity index (χ3n) is 3.32. The first-order valence-corrected chi connectivity index (χ1v) is 6.03. The van der Waals surface area contributed by atoms with Crippen molar-refractivity contribution in [3.63, 3.8) is 0 Å². The smallest absolute Gasteiger partial charge is 0.177 e. The molecule has 4 heteroatoms. The second-order valence-corrected chi connectivity index (χ2v) is 4.69. The Morgan fingerprint density at radius 2 is 1.94 bits per heavy atom. The van der Waals surface area contributed by atoms with Crippen LogP contribution >= 0.6 is 0 Å². The van der Waals surface area contributed by atoms with Crippen LogP contribution in [0.2, 0.25) is 0 Å². The first-order valence-electron chi connectivity index (χ1n) is 6.03. The van der Waals surface area contributed by atoms with Crippen LogP contribution in [0.25, 0.3) is 0 Å². The molecule has 2 N–H and O–H groups in total. The molecule has 0 spiro atoms. The fraction of sp³-hybridized carbons (Fsp3) is 0.833. The molecule has 1 saturated carbocycles. The van der Waals surface area contributed by atoms with Crippen LogP contribution in [0.15, 0.2) is 5.16 Å². The number of carbonyl (C=O) groups is 1. The van der Waals surface area contributed by atoms with E-state index < -0.39 is 0 Å². The zero-order valence-corrected chi connectivity index (χ0v) is 9.85. The monoisotopic (exact) mass is 227 g/mol. The van der Waals surface area contributed by atoms with Crippen molar-refractivity contribution in [3.05, 3.63) is 0 Å². The van der Waals surface area contributed by atoms with E-state index in [1.165, 1.54) is 6.92 Å². The largest absolute Gasteiger partial charge is 0.411 e. The number of oxime groups is 1. The highest BCUT2D eigenvalue weighted by molar-refractivity contribution is 6.38. The summed E-state index contributed by atoms with van der Waals surface area (Å²) in [5.74, 6) is 0.204. The van der Waals surface area contributed by atoms with Gasteiger partial charge in [0, 0.05) is 6.92 Å². The molecule has 92 valence electrons. The maximum Gasteiger partial charge on any atom is 0.177 e. The molecular weight excluding hydrogens is 206 g/mol. The Morgan fingerprint density at radius 1 is 1.25 bits per heavy atom. The Morgan fingerprint density at radius 3 is 2.56 bits per heavy atom. The van der Waals surface area contributed by atoms with Gasteiger partial charge < -0.3 is 10.3 Å². The number of aliphatic hydroxyl groups is 1. The molecule has 1 aliphatic carbocycles. The molecule has 1 rings (SSSR count).